The van der Waals surface area contributed by atoms with Gasteiger partial charge in [-0.3, -0.25) is 0 Å². The molecule has 0 fully saturated rings. The lowest BCUT2D eigenvalue weighted by Crippen LogP contribution is -1.98. The Morgan fingerprint density at radius 1 is 0.600 bits per heavy atom. The van der Waals surface area contributed by atoms with Crippen molar-refractivity contribution < 1.29 is 4.74 Å². The van der Waals surface area contributed by atoms with Gasteiger partial charge >= 0.3 is 0 Å². The summed E-state index contributed by atoms with van der Waals surface area (Å²) in [6.45, 7) is 15.4. The Balaban J connectivity index is 0. The van der Waals surface area contributed by atoms with Crippen molar-refractivity contribution in [3.05, 3.63) is 0 Å². The number of ether oxygens (including phenoxy) is 1. The van der Waals surface area contributed by atoms with Crippen LogP contribution >= 0.6 is 0 Å². The van der Waals surface area contributed by atoms with Crippen LogP contribution in [0.3, 0.4) is 0 Å². The summed E-state index contributed by atoms with van der Waals surface area (Å²) < 4.78 is 5.65. The Kier molecular flexibility index (Phi) is 21.1. The second-order valence-corrected chi connectivity index (χ2v) is 6.81. The van der Waals surface area contributed by atoms with Crippen LogP contribution in [0.25, 0.3) is 0 Å². The van der Waals surface area contributed by atoms with Gasteiger partial charge in [-0.15, -0.1) is 0 Å². The van der Waals surface area contributed by atoms with Gasteiger partial charge in [-0.05, 0) is 24.7 Å². The predicted molar refractivity (Wildman–Crippen MR) is 93.4 cm³/mol. The van der Waals surface area contributed by atoms with Gasteiger partial charge in [-0.1, -0.05) is 86.5 Å². The third-order valence-electron chi connectivity index (χ3n) is 3.14. The highest BCUT2D eigenvalue weighted by Gasteiger charge is 1.96. The van der Waals surface area contributed by atoms with Crippen LogP contribution in [0.5, 0.6) is 0 Å². The molecule has 0 saturated carbocycles. The van der Waals surface area contributed by atoms with E-state index in [2.05, 4.69) is 41.5 Å². The van der Waals surface area contributed by atoms with Gasteiger partial charge in [0.1, 0.15) is 0 Å². The smallest absolute Gasteiger partial charge is 0.0466 e. The van der Waals surface area contributed by atoms with E-state index < -0.39 is 0 Å². The first kappa shape index (κ1) is 22.2. The molecule has 0 aliphatic rings. The van der Waals surface area contributed by atoms with E-state index in [0.717, 1.165) is 25.0 Å². The molecular formula is C19H42O. The van der Waals surface area contributed by atoms with Crippen LogP contribution in [0.15, 0.2) is 0 Å². The zero-order valence-electron chi connectivity index (χ0n) is 15.3. The highest BCUT2D eigenvalue weighted by Crippen LogP contribution is 2.09. The lowest BCUT2D eigenvalue weighted by molar-refractivity contribution is 0.125. The second kappa shape index (κ2) is 19.0. The SMILES string of the molecule is CC(C)CCCCCOCCCCCC(C)C.CCC. The van der Waals surface area contributed by atoms with Gasteiger partial charge in [0.05, 0.1) is 0 Å². The van der Waals surface area contributed by atoms with E-state index in [1.54, 1.807) is 0 Å². The lowest BCUT2D eigenvalue weighted by atomic mass is 10.1. The van der Waals surface area contributed by atoms with Crippen molar-refractivity contribution in [1.82, 2.24) is 0 Å². The minimum atomic E-state index is 0.858. The molecule has 0 atom stereocenters. The van der Waals surface area contributed by atoms with Gasteiger partial charge in [-0.25, -0.2) is 0 Å². The molecule has 0 spiro atoms. The van der Waals surface area contributed by atoms with Crippen LogP contribution < -0.4 is 0 Å². The van der Waals surface area contributed by atoms with Gasteiger partial charge in [0.2, 0.25) is 0 Å². The van der Waals surface area contributed by atoms with Gasteiger partial charge < -0.3 is 4.74 Å². The van der Waals surface area contributed by atoms with E-state index >= 15 is 0 Å². The van der Waals surface area contributed by atoms with Gasteiger partial charge in [0.15, 0.2) is 0 Å². The minimum Gasteiger partial charge on any atom is -0.381 e. The van der Waals surface area contributed by atoms with Gasteiger partial charge in [0.25, 0.3) is 0 Å². The summed E-state index contributed by atoms with van der Waals surface area (Å²) in [5, 5.41) is 0. The summed E-state index contributed by atoms with van der Waals surface area (Å²) in [6.07, 6.45) is 11.9. The predicted octanol–water partition coefficient (Wildman–Crippen LogP) is 6.85. The zero-order valence-corrected chi connectivity index (χ0v) is 15.3. The average Bonchev–Trinajstić information content (AvgIpc) is 2.36. The number of rotatable bonds is 12. The fraction of sp³-hybridized carbons (Fsp3) is 1.00. The molecule has 0 rings (SSSR count). The molecule has 0 aromatic carbocycles. The monoisotopic (exact) mass is 286 g/mol. The molecule has 0 radical (unpaired) electrons. The molecule has 0 aliphatic heterocycles. The van der Waals surface area contributed by atoms with Crippen molar-refractivity contribution >= 4 is 0 Å². The van der Waals surface area contributed by atoms with E-state index in [-0.39, 0.29) is 0 Å². The summed E-state index contributed by atoms with van der Waals surface area (Å²) >= 11 is 0. The van der Waals surface area contributed by atoms with Crippen molar-refractivity contribution in [3.63, 3.8) is 0 Å². The molecule has 20 heavy (non-hydrogen) atoms. The van der Waals surface area contributed by atoms with Crippen molar-refractivity contribution in [1.29, 1.82) is 0 Å². The Labute approximate surface area is 129 Å². The van der Waals surface area contributed by atoms with E-state index in [1.807, 2.05) is 0 Å². The van der Waals surface area contributed by atoms with Crippen molar-refractivity contribution in [2.45, 2.75) is 99.3 Å². The Morgan fingerprint density at radius 2 is 0.950 bits per heavy atom. The second-order valence-electron chi connectivity index (χ2n) is 6.81. The normalized spacial score (nSPS) is 10.8. The largest absolute Gasteiger partial charge is 0.381 e. The number of hydrogen-bond donors (Lipinski definition) is 0. The van der Waals surface area contributed by atoms with Crippen LogP contribution in [-0.4, -0.2) is 13.2 Å². The third kappa shape index (κ3) is 26.5. The van der Waals surface area contributed by atoms with Crippen LogP contribution in [0.1, 0.15) is 99.3 Å². The van der Waals surface area contributed by atoms with Crippen molar-refractivity contribution in [3.8, 4) is 0 Å². The maximum Gasteiger partial charge on any atom is 0.0466 e. The molecule has 0 unspecified atom stereocenters. The average molecular weight is 287 g/mol. The van der Waals surface area contributed by atoms with Crippen molar-refractivity contribution in [2.75, 3.05) is 13.2 Å². The molecule has 0 N–H and O–H groups in total. The molecule has 0 aromatic rings. The van der Waals surface area contributed by atoms with Crippen molar-refractivity contribution in [2.24, 2.45) is 11.8 Å². The van der Waals surface area contributed by atoms with Crippen LogP contribution in [0, 0.1) is 11.8 Å². The summed E-state index contributed by atoms with van der Waals surface area (Å²) in [5.41, 5.74) is 0. The first-order valence-corrected chi connectivity index (χ1v) is 9.12. The molecule has 124 valence electrons. The number of hydrogen-bond acceptors (Lipinski definition) is 1. The summed E-state index contributed by atoms with van der Waals surface area (Å²) in [4.78, 5) is 0. The number of unbranched alkanes of at least 4 members (excludes halogenated alkanes) is 4. The summed E-state index contributed by atoms with van der Waals surface area (Å²) in [7, 11) is 0. The maximum atomic E-state index is 5.65. The van der Waals surface area contributed by atoms with Crippen LogP contribution in [0.4, 0.5) is 0 Å². The van der Waals surface area contributed by atoms with Crippen LogP contribution in [0.2, 0.25) is 0 Å². The molecule has 0 bridgehead atoms. The van der Waals surface area contributed by atoms with Gasteiger partial charge in [0, 0.05) is 13.2 Å². The quantitative estimate of drug-likeness (QED) is 0.356. The molecule has 1 heteroatoms. The molecular weight excluding hydrogens is 244 g/mol. The molecule has 0 aliphatic carbocycles. The molecule has 0 aromatic heterocycles. The Bertz CT molecular complexity index is 136. The highest BCUT2D eigenvalue weighted by atomic mass is 16.5. The Hall–Kier alpha value is -0.0400. The topological polar surface area (TPSA) is 9.23 Å². The lowest BCUT2D eigenvalue weighted by Gasteiger charge is -2.06. The summed E-state index contributed by atoms with van der Waals surface area (Å²) in [5.74, 6) is 1.72. The minimum absolute atomic E-state index is 0.858. The van der Waals surface area contributed by atoms with Crippen LogP contribution in [-0.2, 0) is 4.74 Å². The standard InChI is InChI=1S/C16H34O.C3H8/c1-15(2)11-7-5-9-13-17-14-10-6-8-12-16(3)4;1-3-2/h15-16H,5-14H2,1-4H3;3H2,1-2H3. The van der Waals surface area contributed by atoms with E-state index in [9.17, 15) is 0 Å². The Morgan fingerprint density at radius 3 is 1.25 bits per heavy atom. The fourth-order valence-electron chi connectivity index (χ4n) is 1.97. The molecule has 0 heterocycles. The zero-order chi connectivity index (χ0) is 15.6. The van der Waals surface area contributed by atoms with Gasteiger partial charge in [-0.2, -0.15) is 0 Å². The van der Waals surface area contributed by atoms with E-state index in [0.29, 0.717) is 0 Å². The first-order chi connectivity index (χ1) is 9.54. The fourth-order valence-corrected chi connectivity index (χ4v) is 1.97. The maximum absolute atomic E-state index is 5.65. The molecule has 0 amide bonds. The highest BCUT2D eigenvalue weighted by molar-refractivity contribution is 4.48. The van der Waals surface area contributed by atoms with E-state index in [4.69, 9.17) is 4.74 Å². The summed E-state index contributed by atoms with van der Waals surface area (Å²) in [6, 6.07) is 0. The third-order valence-corrected chi connectivity index (χ3v) is 3.14. The molecule has 1 nitrogen and oxygen atoms in total. The van der Waals surface area contributed by atoms with E-state index in [1.165, 1.54) is 57.8 Å². The molecule has 0 saturated heterocycles. The first-order valence-electron chi connectivity index (χ1n) is 9.12.